The van der Waals surface area contributed by atoms with Crippen LogP contribution in [-0.2, 0) is 0 Å². The fraction of sp³-hybridized carbons (Fsp3) is 0.417. The van der Waals surface area contributed by atoms with Crippen LogP contribution in [-0.4, -0.2) is 34.6 Å². The van der Waals surface area contributed by atoms with Gasteiger partial charge in [-0.2, -0.15) is 0 Å². The van der Waals surface area contributed by atoms with Gasteiger partial charge >= 0.3 is 0 Å². The number of rotatable bonds is 1. The summed E-state index contributed by atoms with van der Waals surface area (Å²) < 4.78 is 0. The number of carbonyl (C=O) groups is 1. The topological polar surface area (TPSA) is 66.6 Å². The minimum atomic E-state index is -0.725. The summed E-state index contributed by atoms with van der Waals surface area (Å²) in [6.45, 7) is 4.39. The van der Waals surface area contributed by atoms with E-state index in [1.807, 2.05) is 6.92 Å². The molecular formula is C12H16N2O2. The third-order valence-corrected chi connectivity index (χ3v) is 2.83. The Morgan fingerprint density at radius 3 is 2.62 bits per heavy atom. The number of β-amino-alcohol motifs (C(OH)–C–C–N with tert-alkyl or cyclic N) is 1. The Labute approximate surface area is 94.7 Å². The van der Waals surface area contributed by atoms with Crippen molar-refractivity contribution in [2.24, 2.45) is 0 Å². The van der Waals surface area contributed by atoms with Gasteiger partial charge in [0.05, 0.1) is 18.7 Å². The molecule has 1 fully saturated rings. The number of nitrogens with zero attached hydrogens (tertiary/aromatic N) is 1. The van der Waals surface area contributed by atoms with Gasteiger partial charge in [0.1, 0.15) is 0 Å². The highest BCUT2D eigenvalue weighted by Gasteiger charge is 2.39. The maximum atomic E-state index is 12.0. The number of hydrogen-bond acceptors (Lipinski definition) is 3. The largest absolute Gasteiger partial charge is 0.399 e. The van der Waals surface area contributed by atoms with Crippen molar-refractivity contribution < 1.29 is 9.90 Å². The molecule has 1 amide bonds. The summed E-state index contributed by atoms with van der Waals surface area (Å²) in [5.74, 6) is -0.0379. The number of carbonyl (C=O) groups excluding carboxylic acids is 1. The van der Waals surface area contributed by atoms with Crippen molar-refractivity contribution in [3.8, 4) is 0 Å². The van der Waals surface area contributed by atoms with Gasteiger partial charge in [0, 0.05) is 11.3 Å². The molecule has 0 atom stereocenters. The summed E-state index contributed by atoms with van der Waals surface area (Å²) in [7, 11) is 0. The van der Waals surface area contributed by atoms with E-state index in [1.165, 1.54) is 0 Å². The maximum Gasteiger partial charge on any atom is 0.254 e. The average Bonchev–Trinajstić information content (AvgIpc) is 2.13. The van der Waals surface area contributed by atoms with E-state index in [9.17, 15) is 9.90 Å². The van der Waals surface area contributed by atoms with Gasteiger partial charge in [0.15, 0.2) is 0 Å². The molecule has 3 N–H and O–H groups in total. The molecule has 0 radical (unpaired) electrons. The third-order valence-electron chi connectivity index (χ3n) is 2.83. The number of nitrogen functional groups attached to an aromatic ring is 1. The van der Waals surface area contributed by atoms with E-state index >= 15 is 0 Å². The van der Waals surface area contributed by atoms with Crippen molar-refractivity contribution in [1.82, 2.24) is 4.90 Å². The van der Waals surface area contributed by atoms with Gasteiger partial charge < -0.3 is 15.7 Å². The zero-order chi connectivity index (χ0) is 11.9. The Morgan fingerprint density at radius 1 is 1.50 bits per heavy atom. The van der Waals surface area contributed by atoms with Gasteiger partial charge in [0.25, 0.3) is 5.91 Å². The third kappa shape index (κ3) is 1.88. The summed E-state index contributed by atoms with van der Waals surface area (Å²) in [5.41, 5.74) is 7.09. The van der Waals surface area contributed by atoms with E-state index in [2.05, 4.69) is 0 Å². The Kier molecular flexibility index (Phi) is 2.39. The second-order valence-corrected chi connectivity index (χ2v) is 4.73. The lowest BCUT2D eigenvalue weighted by molar-refractivity contribution is -0.0669. The number of hydrogen-bond donors (Lipinski definition) is 2. The monoisotopic (exact) mass is 220 g/mol. The van der Waals surface area contributed by atoms with Crippen molar-refractivity contribution in [3.63, 3.8) is 0 Å². The van der Waals surface area contributed by atoms with Crippen molar-refractivity contribution in [2.75, 3.05) is 18.8 Å². The first-order valence-corrected chi connectivity index (χ1v) is 5.27. The minimum Gasteiger partial charge on any atom is -0.399 e. The number of likely N-dealkylation sites (tertiary alicyclic amines) is 1. The lowest BCUT2D eigenvalue weighted by atomic mass is 9.95. The van der Waals surface area contributed by atoms with E-state index in [-0.39, 0.29) is 5.91 Å². The minimum absolute atomic E-state index is 0.0379. The molecule has 4 heteroatoms. The van der Waals surface area contributed by atoms with Crippen LogP contribution in [0.15, 0.2) is 18.2 Å². The smallest absolute Gasteiger partial charge is 0.254 e. The molecule has 1 aliphatic rings. The van der Waals surface area contributed by atoms with E-state index in [4.69, 9.17) is 5.73 Å². The van der Waals surface area contributed by atoms with Crippen LogP contribution < -0.4 is 5.73 Å². The summed E-state index contributed by atoms with van der Waals surface area (Å²) in [4.78, 5) is 13.7. The summed E-state index contributed by atoms with van der Waals surface area (Å²) >= 11 is 0. The van der Waals surface area contributed by atoms with Gasteiger partial charge in [0.2, 0.25) is 0 Å². The highest BCUT2D eigenvalue weighted by atomic mass is 16.3. The Hall–Kier alpha value is -1.55. The van der Waals surface area contributed by atoms with E-state index < -0.39 is 5.60 Å². The van der Waals surface area contributed by atoms with Crippen molar-refractivity contribution in [1.29, 1.82) is 0 Å². The lowest BCUT2D eigenvalue weighted by Crippen LogP contribution is -2.61. The molecule has 4 nitrogen and oxygen atoms in total. The molecule has 1 aromatic rings. The molecule has 1 aromatic carbocycles. The van der Waals surface area contributed by atoms with Crippen LogP contribution in [0.2, 0.25) is 0 Å². The van der Waals surface area contributed by atoms with E-state index in [0.717, 1.165) is 5.56 Å². The average molecular weight is 220 g/mol. The lowest BCUT2D eigenvalue weighted by Gasteiger charge is -2.44. The second kappa shape index (κ2) is 3.49. The number of nitrogens with two attached hydrogens (primary N) is 1. The van der Waals surface area contributed by atoms with Crippen LogP contribution in [0, 0.1) is 6.92 Å². The standard InChI is InChI=1S/C12H16N2O2/c1-8-5-9(13)3-4-10(8)11(15)14-6-12(2,16)7-14/h3-5,16H,6-7,13H2,1-2H3. The first-order chi connectivity index (χ1) is 7.39. The van der Waals surface area contributed by atoms with Gasteiger partial charge in [-0.1, -0.05) is 0 Å². The van der Waals surface area contributed by atoms with Crippen LogP contribution in [0.4, 0.5) is 5.69 Å². The summed E-state index contributed by atoms with van der Waals surface area (Å²) in [6, 6.07) is 5.24. The number of benzene rings is 1. The molecule has 0 bridgehead atoms. The summed E-state index contributed by atoms with van der Waals surface area (Å²) in [6.07, 6.45) is 0. The van der Waals surface area contributed by atoms with Gasteiger partial charge in [-0.15, -0.1) is 0 Å². The summed E-state index contributed by atoms with van der Waals surface area (Å²) in [5, 5.41) is 9.58. The van der Waals surface area contributed by atoms with Crippen LogP contribution in [0.1, 0.15) is 22.8 Å². The zero-order valence-corrected chi connectivity index (χ0v) is 9.53. The van der Waals surface area contributed by atoms with E-state index in [0.29, 0.717) is 24.3 Å². The Bertz CT molecular complexity index is 433. The van der Waals surface area contributed by atoms with Gasteiger partial charge in [-0.25, -0.2) is 0 Å². The van der Waals surface area contributed by atoms with Crippen LogP contribution in [0.3, 0.4) is 0 Å². The quantitative estimate of drug-likeness (QED) is 0.687. The normalized spacial score (nSPS) is 18.1. The molecule has 0 saturated carbocycles. The predicted octanol–water partition coefficient (Wildman–Crippen LogP) is 0.784. The van der Waals surface area contributed by atoms with Crippen molar-refractivity contribution in [2.45, 2.75) is 19.4 Å². The molecule has 0 spiro atoms. The molecule has 1 heterocycles. The second-order valence-electron chi connectivity index (χ2n) is 4.73. The first kappa shape index (κ1) is 11.0. The number of amides is 1. The fourth-order valence-electron chi connectivity index (χ4n) is 2.02. The van der Waals surface area contributed by atoms with Crippen molar-refractivity contribution >= 4 is 11.6 Å². The molecule has 1 aliphatic heterocycles. The van der Waals surface area contributed by atoms with Crippen molar-refractivity contribution in [3.05, 3.63) is 29.3 Å². The number of aryl methyl sites for hydroxylation is 1. The fourth-order valence-corrected chi connectivity index (χ4v) is 2.02. The van der Waals surface area contributed by atoms with Gasteiger partial charge in [-0.05, 0) is 37.6 Å². The maximum absolute atomic E-state index is 12.0. The SMILES string of the molecule is Cc1cc(N)ccc1C(=O)N1CC(C)(O)C1. The molecule has 2 rings (SSSR count). The molecule has 0 unspecified atom stereocenters. The van der Waals surface area contributed by atoms with Crippen LogP contribution >= 0.6 is 0 Å². The van der Waals surface area contributed by atoms with E-state index in [1.54, 1.807) is 30.0 Å². The Balaban J connectivity index is 2.16. The molecule has 86 valence electrons. The highest BCUT2D eigenvalue weighted by Crippen LogP contribution is 2.23. The molecule has 0 aliphatic carbocycles. The molecule has 16 heavy (non-hydrogen) atoms. The van der Waals surface area contributed by atoms with Gasteiger partial charge in [-0.3, -0.25) is 4.79 Å². The van der Waals surface area contributed by atoms with Crippen LogP contribution in [0.5, 0.6) is 0 Å². The zero-order valence-electron chi connectivity index (χ0n) is 9.53. The molecule has 0 aromatic heterocycles. The van der Waals surface area contributed by atoms with Crippen LogP contribution in [0.25, 0.3) is 0 Å². The number of aliphatic hydroxyl groups is 1. The molecule has 1 saturated heterocycles. The predicted molar refractivity (Wildman–Crippen MR) is 62.1 cm³/mol. The Morgan fingerprint density at radius 2 is 2.12 bits per heavy atom. The first-order valence-electron chi connectivity index (χ1n) is 5.27. The highest BCUT2D eigenvalue weighted by molar-refractivity contribution is 5.96. The molecular weight excluding hydrogens is 204 g/mol. The number of anilines is 1.